The van der Waals surface area contributed by atoms with Crippen LogP contribution < -0.4 is 10.2 Å². The Morgan fingerprint density at radius 2 is 1.88 bits per heavy atom. The highest BCUT2D eigenvalue weighted by Gasteiger charge is 2.06. The summed E-state index contributed by atoms with van der Waals surface area (Å²) in [5, 5.41) is 2.97. The number of aromatic nitrogens is 2. The second-order valence-electron chi connectivity index (χ2n) is 4.17. The van der Waals surface area contributed by atoms with Crippen molar-refractivity contribution in [2.45, 2.75) is 6.92 Å². The Kier molecular flexibility index (Phi) is 4.49. The molecular weight excluding hydrogens is 202 g/mol. The van der Waals surface area contributed by atoms with E-state index in [4.69, 9.17) is 0 Å². The van der Waals surface area contributed by atoms with Crippen molar-refractivity contribution < 1.29 is 0 Å². The van der Waals surface area contributed by atoms with Crippen molar-refractivity contribution in [2.24, 2.45) is 0 Å². The third-order valence-electron chi connectivity index (χ3n) is 2.34. The van der Waals surface area contributed by atoms with Gasteiger partial charge in [0.15, 0.2) is 0 Å². The molecule has 16 heavy (non-hydrogen) atoms. The Hall–Kier alpha value is -1.36. The first-order valence-electron chi connectivity index (χ1n) is 5.42. The van der Waals surface area contributed by atoms with E-state index >= 15 is 0 Å². The molecule has 5 heteroatoms. The fourth-order valence-electron chi connectivity index (χ4n) is 1.32. The molecule has 0 bridgehead atoms. The van der Waals surface area contributed by atoms with Gasteiger partial charge in [-0.1, -0.05) is 0 Å². The minimum absolute atomic E-state index is 0.673. The third kappa shape index (κ3) is 3.66. The van der Waals surface area contributed by atoms with Crippen molar-refractivity contribution in [1.29, 1.82) is 0 Å². The minimum Gasteiger partial charge on any atom is -0.358 e. The molecule has 1 rings (SSSR count). The Labute approximate surface area is 97.5 Å². The molecule has 5 nitrogen and oxygen atoms in total. The summed E-state index contributed by atoms with van der Waals surface area (Å²) in [6, 6.07) is 2.00. The van der Waals surface area contributed by atoms with Crippen LogP contribution in [0.1, 0.15) is 5.69 Å². The van der Waals surface area contributed by atoms with Crippen LogP contribution in [0.4, 0.5) is 11.8 Å². The zero-order valence-corrected chi connectivity index (χ0v) is 10.8. The summed E-state index contributed by atoms with van der Waals surface area (Å²) in [4.78, 5) is 13.0. The molecule has 90 valence electrons. The van der Waals surface area contributed by atoms with Crippen LogP contribution in [0.25, 0.3) is 0 Å². The zero-order chi connectivity index (χ0) is 12.1. The summed E-state index contributed by atoms with van der Waals surface area (Å²) in [5.74, 6) is 1.63. The van der Waals surface area contributed by atoms with Gasteiger partial charge >= 0.3 is 0 Å². The van der Waals surface area contributed by atoms with Crippen LogP contribution >= 0.6 is 0 Å². The Morgan fingerprint density at radius 1 is 1.19 bits per heavy atom. The van der Waals surface area contributed by atoms with E-state index in [1.165, 1.54) is 0 Å². The third-order valence-corrected chi connectivity index (χ3v) is 2.34. The van der Waals surface area contributed by atoms with Gasteiger partial charge in [-0.05, 0) is 21.0 Å². The van der Waals surface area contributed by atoms with Gasteiger partial charge in [-0.15, -0.1) is 0 Å². The Morgan fingerprint density at radius 3 is 2.44 bits per heavy atom. The SMILES string of the molecule is CNc1nc(C)cc(N(C)CCN(C)C)n1. The largest absolute Gasteiger partial charge is 0.358 e. The molecule has 0 aromatic carbocycles. The summed E-state index contributed by atoms with van der Waals surface area (Å²) in [5.41, 5.74) is 0.978. The van der Waals surface area contributed by atoms with Crippen molar-refractivity contribution in [2.75, 3.05) is 51.5 Å². The summed E-state index contributed by atoms with van der Waals surface area (Å²) in [6.07, 6.45) is 0. The monoisotopic (exact) mass is 223 g/mol. The van der Waals surface area contributed by atoms with E-state index in [0.717, 1.165) is 24.6 Å². The van der Waals surface area contributed by atoms with E-state index in [2.05, 4.69) is 39.2 Å². The number of anilines is 2. The lowest BCUT2D eigenvalue weighted by Gasteiger charge is -2.21. The van der Waals surface area contributed by atoms with Crippen LogP contribution in [0.5, 0.6) is 0 Å². The molecule has 0 aliphatic carbocycles. The lowest BCUT2D eigenvalue weighted by Crippen LogP contribution is -2.29. The van der Waals surface area contributed by atoms with Gasteiger partial charge in [0.25, 0.3) is 0 Å². The van der Waals surface area contributed by atoms with Gasteiger partial charge in [-0.2, -0.15) is 4.98 Å². The van der Waals surface area contributed by atoms with Gasteiger partial charge < -0.3 is 15.1 Å². The van der Waals surface area contributed by atoms with Gasteiger partial charge in [-0.3, -0.25) is 0 Å². The van der Waals surface area contributed by atoms with Crippen molar-refractivity contribution in [3.63, 3.8) is 0 Å². The number of hydrogen-bond donors (Lipinski definition) is 1. The van der Waals surface area contributed by atoms with E-state index in [-0.39, 0.29) is 0 Å². The molecule has 0 aliphatic heterocycles. The Balaban J connectivity index is 2.74. The quantitative estimate of drug-likeness (QED) is 0.801. The van der Waals surface area contributed by atoms with Gasteiger partial charge in [0.2, 0.25) is 5.95 Å². The average Bonchev–Trinajstić information content (AvgIpc) is 2.24. The molecule has 0 amide bonds. The summed E-state index contributed by atoms with van der Waals surface area (Å²) < 4.78 is 0. The van der Waals surface area contributed by atoms with E-state index in [1.807, 2.05) is 27.1 Å². The molecular formula is C11H21N5. The highest BCUT2D eigenvalue weighted by Crippen LogP contribution is 2.12. The van der Waals surface area contributed by atoms with Gasteiger partial charge in [-0.25, -0.2) is 4.98 Å². The molecule has 0 unspecified atom stereocenters. The molecule has 0 saturated carbocycles. The normalized spacial score (nSPS) is 10.6. The Bertz CT molecular complexity index is 337. The second kappa shape index (κ2) is 5.65. The summed E-state index contributed by atoms with van der Waals surface area (Å²) in [7, 11) is 8.01. The fraction of sp³-hybridized carbons (Fsp3) is 0.636. The van der Waals surface area contributed by atoms with Gasteiger partial charge in [0.05, 0.1) is 0 Å². The lowest BCUT2D eigenvalue weighted by molar-refractivity contribution is 0.416. The van der Waals surface area contributed by atoms with Crippen LogP contribution in [-0.2, 0) is 0 Å². The number of rotatable bonds is 5. The zero-order valence-electron chi connectivity index (χ0n) is 10.8. The summed E-state index contributed by atoms with van der Waals surface area (Å²) >= 11 is 0. The van der Waals surface area contributed by atoms with Crippen molar-refractivity contribution >= 4 is 11.8 Å². The first-order chi connectivity index (χ1) is 7.52. The molecule has 0 fully saturated rings. The highest BCUT2D eigenvalue weighted by molar-refractivity contribution is 5.43. The number of likely N-dealkylation sites (N-methyl/N-ethyl adjacent to an activating group) is 2. The lowest BCUT2D eigenvalue weighted by atomic mass is 10.4. The maximum atomic E-state index is 4.42. The number of hydrogen-bond acceptors (Lipinski definition) is 5. The molecule has 1 aromatic rings. The van der Waals surface area contributed by atoms with Crippen LogP contribution in [0.3, 0.4) is 0 Å². The van der Waals surface area contributed by atoms with Crippen molar-refractivity contribution in [1.82, 2.24) is 14.9 Å². The van der Waals surface area contributed by atoms with Crippen LogP contribution in [-0.4, -0.2) is 56.1 Å². The highest BCUT2D eigenvalue weighted by atomic mass is 15.2. The first kappa shape index (κ1) is 12.7. The molecule has 0 aliphatic rings. The topological polar surface area (TPSA) is 44.3 Å². The van der Waals surface area contributed by atoms with Crippen molar-refractivity contribution in [3.8, 4) is 0 Å². The predicted molar refractivity (Wildman–Crippen MR) is 68.1 cm³/mol. The van der Waals surface area contributed by atoms with Crippen LogP contribution in [0.2, 0.25) is 0 Å². The maximum Gasteiger partial charge on any atom is 0.224 e. The molecule has 1 aromatic heterocycles. The van der Waals surface area contributed by atoms with E-state index in [1.54, 1.807) is 0 Å². The van der Waals surface area contributed by atoms with Crippen molar-refractivity contribution in [3.05, 3.63) is 11.8 Å². The van der Waals surface area contributed by atoms with E-state index < -0.39 is 0 Å². The standard InChI is InChI=1S/C11H21N5/c1-9-8-10(14-11(12-2)13-9)16(5)7-6-15(3)4/h8H,6-7H2,1-5H3,(H,12,13,14). The predicted octanol–water partition coefficient (Wildman–Crippen LogP) is 0.825. The molecule has 0 saturated heterocycles. The maximum absolute atomic E-state index is 4.42. The van der Waals surface area contributed by atoms with Gasteiger partial charge in [0, 0.05) is 38.9 Å². The minimum atomic E-state index is 0.673. The second-order valence-corrected chi connectivity index (χ2v) is 4.17. The molecule has 0 atom stereocenters. The first-order valence-corrected chi connectivity index (χ1v) is 5.42. The fourth-order valence-corrected chi connectivity index (χ4v) is 1.32. The van der Waals surface area contributed by atoms with Crippen LogP contribution in [0, 0.1) is 6.92 Å². The van der Waals surface area contributed by atoms with E-state index in [9.17, 15) is 0 Å². The van der Waals surface area contributed by atoms with Crippen LogP contribution in [0.15, 0.2) is 6.07 Å². The molecule has 1 N–H and O–H groups in total. The molecule has 0 spiro atoms. The number of nitrogens with one attached hydrogen (secondary N) is 1. The molecule has 0 radical (unpaired) electrons. The number of aryl methyl sites for hydroxylation is 1. The smallest absolute Gasteiger partial charge is 0.224 e. The average molecular weight is 223 g/mol. The van der Waals surface area contributed by atoms with Gasteiger partial charge in [0.1, 0.15) is 5.82 Å². The molecule has 1 heterocycles. The summed E-state index contributed by atoms with van der Waals surface area (Å²) in [6.45, 7) is 3.94. The number of nitrogens with zero attached hydrogens (tertiary/aromatic N) is 4. The van der Waals surface area contributed by atoms with E-state index in [0.29, 0.717) is 5.95 Å².